The molecule has 330 valence electrons. The molecule has 4 N–H and O–H groups in total. The van der Waals surface area contributed by atoms with Gasteiger partial charge in [-0.3, -0.25) is 18.6 Å². The van der Waals surface area contributed by atoms with Crippen LogP contribution in [0.4, 0.5) is 0 Å². The predicted octanol–water partition coefficient (Wildman–Crippen LogP) is 10.5. The number of hydrogen-bond acceptors (Lipinski definition) is 12. The van der Waals surface area contributed by atoms with Crippen LogP contribution in [0.25, 0.3) is 0 Å². The molecule has 57 heavy (non-hydrogen) atoms. The third kappa shape index (κ3) is 28.4. The summed E-state index contributed by atoms with van der Waals surface area (Å²) in [6, 6.07) is 0. The summed E-state index contributed by atoms with van der Waals surface area (Å²) >= 11 is 0. The van der Waals surface area contributed by atoms with Crippen molar-refractivity contribution in [3.63, 3.8) is 0 Å². The van der Waals surface area contributed by atoms with Crippen LogP contribution in [0.3, 0.4) is 0 Å². The maximum absolute atomic E-state index is 12.7. The molecule has 0 saturated heterocycles. The molecule has 0 aromatic carbocycles. The van der Waals surface area contributed by atoms with Crippen LogP contribution in [0.1, 0.15) is 181 Å². The molecule has 1 aliphatic heterocycles. The van der Waals surface area contributed by atoms with Gasteiger partial charge in [-0.15, -0.1) is 0 Å². The van der Waals surface area contributed by atoms with E-state index in [9.17, 15) is 39.2 Å². The molecule has 0 aromatic rings. The first kappa shape index (κ1) is 52.3. The molecule has 1 aliphatic rings. The minimum atomic E-state index is -4.88. The number of phosphoric acid groups is 1. The molecule has 1 rings (SSSR count). The summed E-state index contributed by atoms with van der Waals surface area (Å²) < 4.78 is 37.7. The number of unbranched alkanes of at least 4 members (excludes halogenated alkanes) is 20. The minimum absolute atomic E-state index is 0.108. The lowest BCUT2D eigenvalue weighted by Gasteiger charge is -2.21. The zero-order chi connectivity index (χ0) is 42.0. The molecule has 0 fully saturated rings. The second-order valence-corrected chi connectivity index (χ2v) is 16.4. The molecule has 0 saturated carbocycles. The zero-order valence-corrected chi connectivity index (χ0v) is 35.9. The maximum Gasteiger partial charge on any atom is 0.472 e. The highest BCUT2D eigenvalue weighted by Gasteiger charge is 2.40. The van der Waals surface area contributed by atoms with Crippen LogP contribution in [0.2, 0.25) is 0 Å². The highest BCUT2D eigenvalue weighted by Crippen LogP contribution is 2.44. The second kappa shape index (κ2) is 34.2. The molecule has 0 aliphatic carbocycles. The fourth-order valence-corrected chi connectivity index (χ4v) is 6.96. The number of rotatable bonds is 38. The van der Waals surface area contributed by atoms with Crippen molar-refractivity contribution in [3.8, 4) is 0 Å². The quantitative estimate of drug-likeness (QED) is 0.0151. The molecule has 0 bridgehead atoms. The lowest BCUT2D eigenvalue weighted by molar-refractivity contribution is -0.161. The smallest absolute Gasteiger partial charge is 0.472 e. The van der Waals surface area contributed by atoms with Crippen molar-refractivity contribution in [1.82, 2.24) is 0 Å². The summed E-state index contributed by atoms with van der Waals surface area (Å²) in [5.41, 5.74) is 0. The number of cyclic esters (lactones) is 1. The molecule has 0 aromatic heterocycles. The van der Waals surface area contributed by atoms with E-state index >= 15 is 0 Å². The van der Waals surface area contributed by atoms with Crippen molar-refractivity contribution in [2.75, 3.05) is 19.8 Å². The third-order valence-electron chi connectivity index (χ3n) is 9.67. The van der Waals surface area contributed by atoms with Gasteiger partial charge in [-0.1, -0.05) is 147 Å². The van der Waals surface area contributed by atoms with Gasteiger partial charge in [0.05, 0.1) is 13.2 Å². The van der Waals surface area contributed by atoms with Crippen LogP contribution in [0, 0.1) is 0 Å². The molecular formula is C43H75O13P. The van der Waals surface area contributed by atoms with Crippen LogP contribution in [0.15, 0.2) is 35.8 Å². The number of aliphatic hydroxyl groups is 3. The maximum atomic E-state index is 12.7. The molecule has 14 heteroatoms. The Morgan fingerprint density at radius 3 is 1.65 bits per heavy atom. The van der Waals surface area contributed by atoms with Gasteiger partial charge in [0.25, 0.3) is 0 Å². The van der Waals surface area contributed by atoms with Gasteiger partial charge in [0, 0.05) is 12.8 Å². The lowest BCUT2D eigenvalue weighted by Crippen LogP contribution is -2.33. The van der Waals surface area contributed by atoms with Crippen molar-refractivity contribution < 1.29 is 62.4 Å². The summed E-state index contributed by atoms with van der Waals surface area (Å²) in [7, 11) is -4.88. The Bertz CT molecular complexity index is 1220. The van der Waals surface area contributed by atoms with E-state index in [-0.39, 0.29) is 12.8 Å². The van der Waals surface area contributed by atoms with Crippen molar-refractivity contribution in [2.24, 2.45) is 0 Å². The standard InChI is InChI=1S/C43H75O13P/c1-3-5-7-9-11-13-15-17-18-20-22-24-26-28-30-32-39(46)55-36(34-53-57(50,51)54-35-37(44)42-40(47)41(48)43(49)56-42)33-52-38(45)31-29-27-25-23-21-19-16-14-12-10-8-6-4-2/h11,13,17-18,36-37,42,44,47-48H,3-10,12,14-16,19-35H2,1-2H3,(H,50,51)/b13-11-,18-17-/t36-,37+,42-/m1/s1. The van der Waals surface area contributed by atoms with Gasteiger partial charge in [0.1, 0.15) is 12.7 Å². The SMILES string of the molecule is CCCCC/C=C\C/C=C\CCCCCCCC(=O)O[C@H](COC(=O)CCCCCCCCCCCCCCC)COP(=O)(O)OC[C@H](O)[C@H]1OC(=O)C(O)=C1O. The van der Waals surface area contributed by atoms with Gasteiger partial charge < -0.3 is 34.4 Å². The molecule has 13 nitrogen and oxygen atoms in total. The van der Waals surface area contributed by atoms with Gasteiger partial charge in [0.15, 0.2) is 18.0 Å². The van der Waals surface area contributed by atoms with Crippen LogP contribution in [0.5, 0.6) is 0 Å². The average molecular weight is 831 g/mol. The molecule has 1 heterocycles. The van der Waals surface area contributed by atoms with Gasteiger partial charge in [-0.25, -0.2) is 9.36 Å². The number of esters is 3. The third-order valence-corrected chi connectivity index (χ3v) is 10.6. The van der Waals surface area contributed by atoms with Gasteiger partial charge in [0.2, 0.25) is 5.76 Å². The normalized spacial score (nSPS) is 16.6. The number of aliphatic hydroxyl groups excluding tert-OH is 3. The minimum Gasteiger partial charge on any atom is -0.505 e. The highest BCUT2D eigenvalue weighted by molar-refractivity contribution is 7.47. The summed E-state index contributed by atoms with van der Waals surface area (Å²) in [5.74, 6) is -4.36. The monoisotopic (exact) mass is 830 g/mol. The Hall–Kier alpha value is -2.70. The van der Waals surface area contributed by atoms with Crippen molar-refractivity contribution in [2.45, 2.75) is 199 Å². The van der Waals surface area contributed by atoms with E-state index in [1.54, 1.807) is 0 Å². The molecule has 1 unspecified atom stereocenters. The van der Waals surface area contributed by atoms with E-state index in [1.807, 2.05) is 0 Å². The van der Waals surface area contributed by atoms with E-state index in [0.29, 0.717) is 12.8 Å². The van der Waals surface area contributed by atoms with E-state index in [2.05, 4.69) is 42.9 Å². The first-order valence-electron chi connectivity index (χ1n) is 21.8. The van der Waals surface area contributed by atoms with E-state index in [4.69, 9.17) is 18.5 Å². The van der Waals surface area contributed by atoms with Crippen LogP contribution in [-0.2, 0) is 42.2 Å². The van der Waals surface area contributed by atoms with Crippen LogP contribution < -0.4 is 0 Å². The van der Waals surface area contributed by atoms with Gasteiger partial charge in [-0.2, -0.15) is 0 Å². The van der Waals surface area contributed by atoms with Crippen molar-refractivity contribution >= 4 is 25.7 Å². The van der Waals surface area contributed by atoms with Crippen LogP contribution in [-0.4, -0.2) is 76.3 Å². The van der Waals surface area contributed by atoms with Gasteiger partial charge >= 0.3 is 25.7 Å². The summed E-state index contributed by atoms with van der Waals surface area (Å²) in [4.78, 5) is 46.8. The number of allylic oxidation sites excluding steroid dienone is 4. The highest BCUT2D eigenvalue weighted by atomic mass is 31.2. The number of hydrogen-bond donors (Lipinski definition) is 4. The lowest BCUT2D eigenvalue weighted by atomic mass is 10.0. The van der Waals surface area contributed by atoms with E-state index in [1.165, 1.54) is 77.0 Å². The Morgan fingerprint density at radius 1 is 0.667 bits per heavy atom. The zero-order valence-electron chi connectivity index (χ0n) is 35.0. The predicted molar refractivity (Wildman–Crippen MR) is 220 cm³/mol. The second-order valence-electron chi connectivity index (χ2n) is 15.0. The Balaban J connectivity index is 2.44. The summed E-state index contributed by atoms with van der Waals surface area (Å²) in [5, 5.41) is 29.3. The summed E-state index contributed by atoms with van der Waals surface area (Å²) in [6.45, 7) is 2.45. The Labute approximate surface area is 342 Å². The fraction of sp³-hybridized carbons (Fsp3) is 0.791. The molecule has 0 spiro atoms. The fourth-order valence-electron chi connectivity index (χ4n) is 6.19. The Morgan fingerprint density at radius 2 is 1.12 bits per heavy atom. The Kier molecular flexibility index (Phi) is 31.4. The van der Waals surface area contributed by atoms with E-state index < -0.39 is 75.4 Å². The molecule has 0 amide bonds. The first-order chi connectivity index (χ1) is 27.5. The number of carbonyl (C=O) groups excluding carboxylic acids is 3. The van der Waals surface area contributed by atoms with E-state index in [0.717, 1.165) is 64.2 Å². The van der Waals surface area contributed by atoms with Gasteiger partial charge in [-0.05, 0) is 44.9 Å². The van der Waals surface area contributed by atoms with Crippen molar-refractivity contribution in [3.05, 3.63) is 35.8 Å². The van der Waals surface area contributed by atoms with Crippen molar-refractivity contribution in [1.29, 1.82) is 0 Å². The largest absolute Gasteiger partial charge is 0.505 e. The topological polar surface area (TPSA) is 195 Å². The average Bonchev–Trinajstić information content (AvgIpc) is 3.45. The molecular weight excluding hydrogens is 755 g/mol. The first-order valence-corrected chi connectivity index (χ1v) is 23.3. The molecule has 4 atom stereocenters. The van der Waals surface area contributed by atoms with Crippen LogP contribution >= 0.6 is 7.82 Å². The number of carbonyl (C=O) groups is 3. The molecule has 0 radical (unpaired) electrons. The summed E-state index contributed by atoms with van der Waals surface area (Å²) in [6.07, 6.45) is 31.1. The number of phosphoric ester groups is 1. The number of ether oxygens (including phenoxy) is 3.